The summed E-state index contributed by atoms with van der Waals surface area (Å²) in [5.41, 5.74) is 8.90. The molecule has 0 rings (SSSR count). The third kappa shape index (κ3) is 32.0. The van der Waals surface area contributed by atoms with Crippen LogP contribution in [0.25, 0.3) is 0 Å². The molecule has 0 unspecified atom stereocenters. The monoisotopic (exact) mass is 203 g/mol. The number of carbonyl (C=O) groups excluding carboxylic acids is 2. The number of amides is 3. The lowest BCUT2D eigenvalue weighted by Crippen LogP contribution is -2.24. The molecule has 6 nitrogen and oxygen atoms in total. The lowest BCUT2D eigenvalue weighted by molar-refractivity contribution is -0.118. The average Bonchev–Trinajstić information content (AvgIpc) is 2.07. The lowest BCUT2D eigenvalue weighted by atomic mass is 10.3. The Morgan fingerprint density at radius 1 is 1.36 bits per heavy atom. The van der Waals surface area contributed by atoms with E-state index >= 15 is 0 Å². The number of carbonyl (C=O) groups is 2. The zero-order valence-electron chi connectivity index (χ0n) is 8.25. The molecule has 0 atom stereocenters. The second kappa shape index (κ2) is 13.7. The van der Waals surface area contributed by atoms with E-state index in [-0.39, 0.29) is 12.6 Å². The van der Waals surface area contributed by atoms with Crippen LogP contribution in [0.5, 0.6) is 0 Å². The maximum atomic E-state index is 10.4. The zero-order valence-corrected chi connectivity index (χ0v) is 8.25. The van der Waals surface area contributed by atoms with Crippen LogP contribution in [0.1, 0.15) is 6.92 Å². The molecule has 0 aliphatic rings. The summed E-state index contributed by atoms with van der Waals surface area (Å²) in [6, 6.07) is -0.833. The van der Waals surface area contributed by atoms with E-state index in [1.165, 1.54) is 0 Å². The molecular weight excluding hydrogens is 186 g/mol. The summed E-state index contributed by atoms with van der Waals surface area (Å²) in [5.74, 6) is -0.312. The molecule has 6 N–H and O–H groups in total. The fourth-order valence-corrected chi connectivity index (χ4v) is 0.223. The Hall–Kier alpha value is -1.82. The number of nitrogens with one attached hydrogen (secondary N) is 1. The number of urea groups is 1. The Morgan fingerprint density at radius 2 is 1.64 bits per heavy atom. The van der Waals surface area contributed by atoms with Crippen molar-refractivity contribution >= 4 is 11.9 Å². The van der Waals surface area contributed by atoms with Crippen molar-refractivity contribution in [1.82, 2.24) is 5.32 Å². The van der Waals surface area contributed by atoms with Crippen molar-refractivity contribution in [1.29, 1.82) is 0 Å². The molecule has 0 bridgehead atoms. The molecule has 14 heavy (non-hydrogen) atoms. The van der Waals surface area contributed by atoms with Gasteiger partial charge in [0.2, 0.25) is 5.91 Å². The highest BCUT2D eigenvalue weighted by Gasteiger charge is 1.95. The van der Waals surface area contributed by atoms with Crippen LogP contribution in [-0.2, 0) is 4.79 Å². The molecule has 82 valence electrons. The maximum Gasteiger partial charge on any atom is 0.309 e. The predicted octanol–water partition coefficient (Wildman–Crippen LogP) is -0.545. The summed E-state index contributed by atoms with van der Waals surface area (Å²) in [6.45, 7) is 10.6. The highest BCUT2D eigenvalue weighted by Crippen LogP contribution is 1.82. The van der Waals surface area contributed by atoms with Crippen molar-refractivity contribution in [2.45, 2.75) is 6.92 Å². The molecule has 0 aromatic carbocycles. The first-order valence-electron chi connectivity index (χ1n) is 3.51. The van der Waals surface area contributed by atoms with E-state index in [9.17, 15) is 4.79 Å². The Morgan fingerprint density at radius 3 is 1.71 bits per heavy atom. The van der Waals surface area contributed by atoms with E-state index in [0.717, 1.165) is 0 Å². The first-order valence-corrected chi connectivity index (χ1v) is 3.51. The van der Waals surface area contributed by atoms with Gasteiger partial charge in [0.1, 0.15) is 6.73 Å². The number of nitrogens with two attached hydrogens (primary N) is 2. The smallest absolute Gasteiger partial charge is 0.309 e. The Kier molecular flexibility index (Phi) is 17.7. The van der Waals surface area contributed by atoms with Crippen molar-refractivity contribution in [3.8, 4) is 0 Å². The molecule has 3 amide bonds. The van der Waals surface area contributed by atoms with Crippen LogP contribution in [0.15, 0.2) is 25.3 Å². The number of primary amides is 2. The third-order valence-corrected chi connectivity index (χ3v) is 0.627. The van der Waals surface area contributed by atoms with Gasteiger partial charge in [-0.1, -0.05) is 6.58 Å². The molecule has 0 fully saturated rings. The highest BCUT2D eigenvalue weighted by atomic mass is 16.3. The van der Waals surface area contributed by atoms with Crippen molar-refractivity contribution in [2.24, 2.45) is 11.5 Å². The van der Waals surface area contributed by atoms with Gasteiger partial charge in [-0.2, -0.15) is 0 Å². The van der Waals surface area contributed by atoms with Crippen LogP contribution in [0.4, 0.5) is 4.79 Å². The molecule has 6 heteroatoms. The van der Waals surface area contributed by atoms with Crippen LogP contribution in [0, 0.1) is 0 Å². The molecule has 0 aromatic rings. The van der Waals surface area contributed by atoms with Gasteiger partial charge in [0.05, 0.1) is 0 Å². The molecule has 0 spiro atoms. The van der Waals surface area contributed by atoms with E-state index in [2.05, 4.69) is 36.5 Å². The zero-order chi connectivity index (χ0) is 12.1. The fourth-order valence-electron chi connectivity index (χ4n) is 0.223. The second-order valence-electron chi connectivity index (χ2n) is 1.85. The number of hydrogen-bond donors (Lipinski definition) is 4. The lowest BCUT2D eigenvalue weighted by Gasteiger charge is -1.96. The number of aliphatic hydroxyl groups excluding tert-OH is 1. The molecule has 0 aliphatic heterocycles. The van der Waals surface area contributed by atoms with E-state index in [1.54, 1.807) is 6.92 Å². The maximum absolute atomic E-state index is 10.4. The predicted molar refractivity (Wildman–Crippen MR) is 55.1 cm³/mol. The third-order valence-electron chi connectivity index (χ3n) is 0.627. The summed E-state index contributed by atoms with van der Waals surface area (Å²) in [7, 11) is 0. The fraction of sp³-hybridized carbons (Fsp3) is 0.250. The standard InChI is InChI=1S/C5H9NO2.C2H4.CH4N2O/c1-4(2)5(8)6-3-7;1-2;2-1(3)4/h7H,1,3H2,2H3,(H,6,8);1-2H2;(H4,2,3,4). The summed E-state index contributed by atoms with van der Waals surface area (Å²) in [5, 5.41) is 10.3. The van der Waals surface area contributed by atoms with Crippen molar-refractivity contribution < 1.29 is 14.7 Å². The quantitative estimate of drug-likeness (QED) is 0.274. The minimum absolute atomic E-state index is 0.312. The molecule has 0 saturated carbocycles. The van der Waals surface area contributed by atoms with Crippen LogP contribution in [0.2, 0.25) is 0 Å². The second-order valence-corrected chi connectivity index (χ2v) is 1.85. The number of rotatable bonds is 2. The number of aliphatic hydroxyl groups is 1. The molecule has 0 heterocycles. The molecule has 0 aliphatic carbocycles. The summed E-state index contributed by atoms with van der Waals surface area (Å²) in [4.78, 5) is 19.4. The van der Waals surface area contributed by atoms with Crippen molar-refractivity contribution in [3.63, 3.8) is 0 Å². The topological polar surface area (TPSA) is 118 Å². The molecule has 0 radical (unpaired) electrons. The van der Waals surface area contributed by atoms with Gasteiger partial charge < -0.3 is 21.9 Å². The Balaban J connectivity index is -0.000000170. The van der Waals surface area contributed by atoms with E-state index in [4.69, 9.17) is 9.90 Å². The van der Waals surface area contributed by atoms with Crippen molar-refractivity contribution in [2.75, 3.05) is 6.73 Å². The van der Waals surface area contributed by atoms with E-state index < -0.39 is 6.03 Å². The first kappa shape index (κ1) is 18.1. The minimum atomic E-state index is -0.833. The van der Waals surface area contributed by atoms with E-state index in [1.807, 2.05) is 0 Å². The summed E-state index contributed by atoms with van der Waals surface area (Å²) in [6.07, 6.45) is 0. The van der Waals surface area contributed by atoms with Gasteiger partial charge in [-0.3, -0.25) is 4.79 Å². The van der Waals surface area contributed by atoms with Gasteiger partial charge in [-0.05, 0) is 6.92 Å². The van der Waals surface area contributed by atoms with Gasteiger partial charge >= 0.3 is 6.03 Å². The molecular formula is C8H17N3O3. The van der Waals surface area contributed by atoms with Gasteiger partial charge in [-0.15, -0.1) is 13.2 Å². The van der Waals surface area contributed by atoms with Crippen LogP contribution in [0.3, 0.4) is 0 Å². The number of hydrogen-bond acceptors (Lipinski definition) is 3. The summed E-state index contributed by atoms with van der Waals surface area (Å²) < 4.78 is 0. The molecule has 0 aromatic heterocycles. The summed E-state index contributed by atoms with van der Waals surface area (Å²) >= 11 is 0. The van der Waals surface area contributed by atoms with E-state index in [0.29, 0.717) is 5.57 Å². The van der Waals surface area contributed by atoms with Crippen molar-refractivity contribution in [3.05, 3.63) is 25.3 Å². The van der Waals surface area contributed by atoms with Gasteiger partial charge in [-0.25, -0.2) is 4.79 Å². The van der Waals surface area contributed by atoms with Gasteiger partial charge in [0, 0.05) is 5.57 Å². The first-order chi connectivity index (χ1) is 6.41. The Labute approximate surface area is 83.3 Å². The Bertz CT molecular complexity index is 188. The van der Waals surface area contributed by atoms with Crippen LogP contribution >= 0.6 is 0 Å². The normalized spacial score (nSPS) is 6.71. The average molecular weight is 203 g/mol. The van der Waals surface area contributed by atoms with Crippen LogP contribution in [-0.4, -0.2) is 23.8 Å². The minimum Gasteiger partial charge on any atom is -0.376 e. The molecule has 0 saturated heterocycles. The van der Waals surface area contributed by atoms with Gasteiger partial charge in [0.25, 0.3) is 0 Å². The highest BCUT2D eigenvalue weighted by molar-refractivity contribution is 5.91. The SMILES string of the molecule is C=C.C=C(C)C(=O)NCO.NC(N)=O. The largest absolute Gasteiger partial charge is 0.376 e. The van der Waals surface area contributed by atoms with Gasteiger partial charge in [0.15, 0.2) is 0 Å². The van der Waals surface area contributed by atoms with Crippen LogP contribution < -0.4 is 16.8 Å².